The molecule has 0 fully saturated rings. The van der Waals surface area contributed by atoms with E-state index in [1.54, 1.807) is 0 Å². The number of para-hydroxylation sites is 1. The molecule has 0 saturated heterocycles. The average molecular weight is 274 g/mol. The summed E-state index contributed by atoms with van der Waals surface area (Å²) in [6.45, 7) is 0.329. The molecule has 0 unspecified atom stereocenters. The summed E-state index contributed by atoms with van der Waals surface area (Å²) in [5, 5.41) is 2.48. The van der Waals surface area contributed by atoms with Crippen molar-refractivity contribution in [3.8, 4) is 0 Å². The Hall–Kier alpha value is -0.671. The zero-order chi connectivity index (χ0) is 9.97. The third kappa shape index (κ3) is 2.89. The largest absolute Gasteiger partial charge is 3.00 e. The van der Waals surface area contributed by atoms with E-state index in [9.17, 15) is 4.79 Å². The van der Waals surface area contributed by atoms with Crippen LogP contribution in [0.3, 0.4) is 0 Å². The molecule has 0 aliphatic carbocycles. The van der Waals surface area contributed by atoms with Crippen molar-refractivity contribution in [2.75, 3.05) is 0 Å². The Labute approximate surface area is 113 Å². The first-order chi connectivity index (χ1) is 6.77. The molecule has 0 saturated carbocycles. The number of aromatic nitrogens is 1. The van der Waals surface area contributed by atoms with Gasteiger partial charge in [0.25, 0.3) is 0 Å². The van der Waals surface area contributed by atoms with Gasteiger partial charge in [0.15, 0.2) is 5.81 Å². The van der Waals surface area contributed by atoms with Gasteiger partial charge in [-0.15, -0.1) is 6.07 Å². The first-order valence-electron chi connectivity index (χ1n) is 4.05. The molecule has 1 heterocycles. The maximum absolute atomic E-state index is 10.5. The minimum absolute atomic E-state index is 0. The predicted octanol–water partition coefficient (Wildman–Crippen LogP) is 1.00. The van der Waals surface area contributed by atoms with E-state index in [0.717, 1.165) is 5.56 Å². The van der Waals surface area contributed by atoms with E-state index in [2.05, 4.69) is 16.7 Å². The van der Waals surface area contributed by atoms with Gasteiger partial charge in [0.1, 0.15) is 6.39 Å². The number of hydrogen-bond donors (Lipinski definition) is 1. The number of rotatable bonds is 2. The Morgan fingerprint density at radius 2 is 2.40 bits per heavy atom. The smallest absolute Gasteiger partial charge is 0.573 e. The van der Waals surface area contributed by atoms with Crippen LogP contribution in [0.2, 0.25) is 0 Å². The molecule has 4 nitrogen and oxygen atoms in total. The second-order valence-corrected chi connectivity index (χ2v) is 2.79. The van der Waals surface area contributed by atoms with E-state index in [-0.39, 0.29) is 32.7 Å². The number of benzene rings is 1. The number of nitrogens with zero attached hydrogens (tertiary/aromatic N) is 1. The Morgan fingerprint density at radius 3 is 3.13 bits per heavy atom. The van der Waals surface area contributed by atoms with E-state index >= 15 is 0 Å². The standard InChI is InChI=1S/C9H6BN2O2.Y/c10-9(13)11-4-6-2-1-3-7-8(6)14-5-12-7;/h1-3H,4H2,(H,11,13);/q-1;+3. The van der Waals surface area contributed by atoms with Crippen molar-refractivity contribution in [3.63, 3.8) is 0 Å². The van der Waals surface area contributed by atoms with Gasteiger partial charge in [-0.25, -0.2) is 0 Å². The molecule has 1 amide bonds. The van der Waals surface area contributed by atoms with Gasteiger partial charge in [0, 0.05) is 6.54 Å². The maximum Gasteiger partial charge on any atom is 3.00 e. The molecule has 0 aliphatic rings. The van der Waals surface area contributed by atoms with Crippen molar-refractivity contribution in [1.29, 1.82) is 0 Å². The van der Waals surface area contributed by atoms with E-state index in [1.165, 1.54) is 0 Å². The monoisotopic (exact) mass is 274 g/mol. The molecule has 1 aromatic carbocycles. The van der Waals surface area contributed by atoms with Gasteiger partial charge < -0.3 is 14.7 Å². The fraction of sp³-hybridized carbons (Fsp3) is 0.111. The summed E-state index contributed by atoms with van der Waals surface area (Å²) in [6.07, 6.45) is 2.40. The number of amides is 1. The van der Waals surface area contributed by atoms with Crippen LogP contribution in [-0.4, -0.2) is 18.6 Å². The zero-order valence-electron chi connectivity index (χ0n) is 7.86. The second-order valence-electron chi connectivity index (χ2n) is 2.79. The minimum Gasteiger partial charge on any atom is -0.573 e. The van der Waals surface area contributed by atoms with E-state index in [4.69, 9.17) is 12.3 Å². The van der Waals surface area contributed by atoms with Crippen molar-refractivity contribution in [1.82, 2.24) is 10.3 Å². The molecular weight excluding hydrogens is 268 g/mol. The van der Waals surface area contributed by atoms with Crippen LogP contribution in [0.1, 0.15) is 5.56 Å². The van der Waals surface area contributed by atoms with Gasteiger partial charge in [-0.3, -0.25) is 4.79 Å². The molecule has 1 aromatic heterocycles. The predicted molar refractivity (Wildman–Crippen MR) is 50.8 cm³/mol. The number of carbonyl (C=O) groups excluding carboxylic acids is 1. The summed E-state index contributed by atoms with van der Waals surface area (Å²) in [5.41, 5.74) is 2.17. The van der Waals surface area contributed by atoms with Gasteiger partial charge in [-0.1, -0.05) is 17.7 Å². The summed E-state index contributed by atoms with van der Waals surface area (Å²) < 4.78 is 5.05. The van der Waals surface area contributed by atoms with Crippen LogP contribution in [-0.2, 0) is 39.3 Å². The van der Waals surface area contributed by atoms with Gasteiger partial charge in [-0.05, 0) is 11.1 Å². The first kappa shape index (κ1) is 12.4. The summed E-state index contributed by atoms with van der Waals surface area (Å²) in [4.78, 5) is 14.4. The normalized spacial score (nSPS) is 9.60. The van der Waals surface area contributed by atoms with Crippen LogP contribution in [0, 0.1) is 6.39 Å². The molecule has 6 heteroatoms. The molecule has 1 N–H and O–H groups in total. The topological polar surface area (TPSA) is 55.1 Å². The van der Waals surface area contributed by atoms with Crippen molar-refractivity contribution < 1.29 is 41.9 Å². The average Bonchev–Trinajstić information content (AvgIpc) is 2.62. The zero-order valence-corrected chi connectivity index (χ0v) is 10.7. The quantitative estimate of drug-likeness (QED) is 0.656. The Bertz CT molecular complexity index is 472. The van der Waals surface area contributed by atoms with Crippen molar-refractivity contribution in [2.45, 2.75) is 6.54 Å². The number of carbonyl (C=O) groups is 1. The molecule has 0 aliphatic heterocycles. The number of hydrogen-bond acceptors (Lipinski definition) is 3. The number of oxazole rings is 1. The van der Waals surface area contributed by atoms with Crippen molar-refractivity contribution in [3.05, 3.63) is 30.2 Å². The maximum atomic E-state index is 10.5. The Kier molecular flexibility index (Phi) is 4.48. The van der Waals surface area contributed by atoms with Crippen LogP contribution < -0.4 is 5.32 Å². The van der Waals surface area contributed by atoms with Crippen LogP contribution in [0.25, 0.3) is 11.1 Å². The fourth-order valence-corrected chi connectivity index (χ4v) is 1.22. The Morgan fingerprint density at radius 1 is 1.60 bits per heavy atom. The summed E-state index contributed by atoms with van der Waals surface area (Å²) in [6, 6.07) is 5.47. The number of fused-ring (bicyclic) bond motifs is 1. The minimum atomic E-state index is -0.564. The molecule has 0 spiro atoms. The molecule has 2 rings (SSSR count). The SMILES string of the molecule is [B]C(=O)NCc1cccc2n[c-]oc12.[Y+3]. The molecule has 15 heavy (non-hydrogen) atoms. The van der Waals surface area contributed by atoms with Crippen LogP contribution in [0.15, 0.2) is 22.6 Å². The Balaban J connectivity index is 0.00000112. The summed E-state index contributed by atoms with van der Waals surface area (Å²) >= 11 is 0. The van der Waals surface area contributed by atoms with E-state index in [1.807, 2.05) is 18.2 Å². The van der Waals surface area contributed by atoms with Crippen LogP contribution >= 0.6 is 0 Å². The molecular formula is C9H6BN2O2Y+2. The van der Waals surface area contributed by atoms with Gasteiger partial charge in [0.2, 0.25) is 7.85 Å². The van der Waals surface area contributed by atoms with Crippen molar-refractivity contribution >= 4 is 24.8 Å². The number of nitrogens with one attached hydrogen (secondary N) is 1. The molecule has 2 radical (unpaired) electrons. The van der Waals surface area contributed by atoms with Crippen LogP contribution in [0.5, 0.6) is 0 Å². The summed E-state index contributed by atoms with van der Waals surface area (Å²) in [7, 11) is 4.96. The molecule has 68 valence electrons. The van der Waals surface area contributed by atoms with E-state index < -0.39 is 5.81 Å². The van der Waals surface area contributed by atoms with Gasteiger partial charge in [-0.2, -0.15) is 0 Å². The third-order valence-corrected chi connectivity index (χ3v) is 1.84. The molecule has 2 aromatic rings. The van der Waals surface area contributed by atoms with E-state index in [0.29, 0.717) is 17.6 Å². The van der Waals surface area contributed by atoms with Gasteiger partial charge >= 0.3 is 32.7 Å². The first-order valence-corrected chi connectivity index (χ1v) is 4.05. The second kappa shape index (κ2) is 5.42. The third-order valence-electron chi connectivity index (χ3n) is 1.84. The fourth-order valence-electron chi connectivity index (χ4n) is 1.22. The van der Waals surface area contributed by atoms with Crippen molar-refractivity contribution in [2.24, 2.45) is 0 Å². The van der Waals surface area contributed by atoms with Crippen LogP contribution in [0.4, 0.5) is 4.79 Å². The van der Waals surface area contributed by atoms with Gasteiger partial charge in [0.05, 0.1) is 0 Å². The summed E-state index contributed by atoms with van der Waals surface area (Å²) in [5.74, 6) is -0.564. The molecule has 0 atom stereocenters. The molecule has 0 bridgehead atoms.